The van der Waals surface area contributed by atoms with E-state index in [0.717, 1.165) is 34.7 Å². The van der Waals surface area contributed by atoms with Gasteiger partial charge < -0.3 is 5.32 Å². The van der Waals surface area contributed by atoms with Crippen molar-refractivity contribution in [3.8, 4) is 0 Å². The summed E-state index contributed by atoms with van der Waals surface area (Å²) >= 11 is 0. The maximum atomic E-state index is 13.0. The predicted molar refractivity (Wildman–Crippen MR) is 84.2 cm³/mol. The highest BCUT2D eigenvalue weighted by molar-refractivity contribution is 5.87. The summed E-state index contributed by atoms with van der Waals surface area (Å²) in [6.45, 7) is 7.17. The van der Waals surface area contributed by atoms with Crippen LogP contribution in [0.1, 0.15) is 24.0 Å². The van der Waals surface area contributed by atoms with Crippen LogP contribution < -0.4 is 5.32 Å². The Labute approximate surface area is 128 Å². The minimum absolute atomic E-state index is 0.233. The van der Waals surface area contributed by atoms with E-state index in [-0.39, 0.29) is 5.82 Å². The molecule has 0 fully saturated rings. The molecule has 0 atom stereocenters. The van der Waals surface area contributed by atoms with Crippen molar-refractivity contribution in [3.63, 3.8) is 0 Å². The number of hydrogen-bond donors (Lipinski definition) is 1. The Morgan fingerprint density at radius 3 is 2.55 bits per heavy atom. The highest BCUT2D eigenvalue weighted by Crippen LogP contribution is 2.23. The van der Waals surface area contributed by atoms with Crippen molar-refractivity contribution in [2.24, 2.45) is 0 Å². The average molecular weight is 299 g/mol. The van der Waals surface area contributed by atoms with E-state index in [2.05, 4.69) is 20.4 Å². The second kappa shape index (κ2) is 5.71. The first-order valence-electron chi connectivity index (χ1n) is 7.28. The van der Waals surface area contributed by atoms with Crippen molar-refractivity contribution >= 4 is 16.9 Å². The number of aryl methyl sites for hydroxylation is 3. The minimum atomic E-state index is -0.233. The summed E-state index contributed by atoms with van der Waals surface area (Å²) in [5.41, 5.74) is 3.67. The third-order valence-corrected chi connectivity index (χ3v) is 3.54. The predicted octanol–water partition coefficient (Wildman–Crippen LogP) is 3.21. The average Bonchev–Trinajstić information content (AvgIpc) is 2.83. The summed E-state index contributed by atoms with van der Waals surface area (Å²) in [4.78, 5) is 8.99. The van der Waals surface area contributed by atoms with E-state index in [9.17, 15) is 4.39 Å². The van der Waals surface area contributed by atoms with Crippen LogP contribution in [0.5, 0.6) is 0 Å². The van der Waals surface area contributed by atoms with Gasteiger partial charge in [-0.25, -0.2) is 14.4 Å². The number of benzene rings is 1. The number of aromatic nitrogens is 4. The van der Waals surface area contributed by atoms with E-state index in [4.69, 9.17) is 0 Å². The molecule has 0 bridgehead atoms. The van der Waals surface area contributed by atoms with Gasteiger partial charge in [-0.15, -0.1) is 0 Å². The first-order chi connectivity index (χ1) is 10.6. The smallest absolute Gasteiger partial charge is 0.156 e. The molecule has 0 unspecified atom stereocenters. The maximum Gasteiger partial charge on any atom is 0.156 e. The molecule has 0 spiro atoms. The van der Waals surface area contributed by atoms with Gasteiger partial charge in [0.15, 0.2) is 5.82 Å². The molecule has 3 aromatic rings. The second-order valence-electron chi connectivity index (χ2n) is 5.20. The normalized spacial score (nSPS) is 11.1. The number of rotatable bonds is 4. The molecule has 1 aromatic carbocycles. The zero-order valence-electron chi connectivity index (χ0n) is 12.9. The van der Waals surface area contributed by atoms with Gasteiger partial charge in [0.2, 0.25) is 0 Å². The van der Waals surface area contributed by atoms with E-state index in [1.54, 1.807) is 12.1 Å². The fraction of sp³-hybridized carbons (Fsp3) is 0.312. The first-order valence-corrected chi connectivity index (χ1v) is 7.28. The van der Waals surface area contributed by atoms with Gasteiger partial charge in [0.1, 0.15) is 22.7 Å². The van der Waals surface area contributed by atoms with Gasteiger partial charge in [-0.05, 0) is 38.5 Å². The van der Waals surface area contributed by atoms with E-state index < -0.39 is 0 Å². The third kappa shape index (κ3) is 2.64. The monoisotopic (exact) mass is 299 g/mol. The Hall–Kier alpha value is -2.50. The Morgan fingerprint density at radius 2 is 1.86 bits per heavy atom. The third-order valence-electron chi connectivity index (χ3n) is 3.54. The summed E-state index contributed by atoms with van der Waals surface area (Å²) in [6.07, 6.45) is 0. The number of halogens is 1. The van der Waals surface area contributed by atoms with Crippen LogP contribution in [0.3, 0.4) is 0 Å². The van der Waals surface area contributed by atoms with Crippen molar-refractivity contribution in [3.05, 3.63) is 47.2 Å². The van der Waals surface area contributed by atoms with E-state index in [1.807, 2.05) is 25.5 Å². The minimum Gasteiger partial charge on any atom is -0.364 e. The van der Waals surface area contributed by atoms with Crippen molar-refractivity contribution in [1.82, 2.24) is 19.7 Å². The fourth-order valence-electron chi connectivity index (χ4n) is 2.48. The van der Waals surface area contributed by atoms with Crippen LogP contribution in [-0.2, 0) is 13.1 Å². The van der Waals surface area contributed by atoms with Crippen LogP contribution in [0, 0.1) is 19.7 Å². The lowest BCUT2D eigenvalue weighted by molar-refractivity contribution is 0.627. The lowest BCUT2D eigenvalue weighted by Crippen LogP contribution is -2.07. The van der Waals surface area contributed by atoms with Crippen molar-refractivity contribution < 1.29 is 4.39 Å². The highest BCUT2D eigenvalue weighted by Gasteiger charge is 2.14. The van der Waals surface area contributed by atoms with Crippen molar-refractivity contribution in [2.45, 2.75) is 33.9 Å². The standard InChI is InChI=1S/C16H18FN5/c1-4-22-15-14(10(2)21-22)19-11(3)20-16(15)18-9-12-5-7-13(17)8-6-12/h5-8H,4,9H2,1-3H3,(H,18,19,20). The van der Waals surface area contributed by atoms with Gasteiger partial charge in [-0.3, -0.25) is 4.68 Å². The topological polar surface area (TPSA) is 55.6 Å². The van der Waals surface area contributed by atoms with E-state index in [0.29, 0.717) is 12.4 Å². The number of nitrogens with one attached hydrogen (secondary N) is 1. The Morgan fingerprint density at radius 1 is 1.14 bits per heavy atom. The molecule has 0 aliphatic heterocycles. The van der Waals surface area contributed by atoms with E-state index in [1.165, 1.54) is 12.1 Å². The van der Waals surface area contributed by atoms with Gasteiger partial charge in [0.05, 0.1) is 5.69 Å². The second-order valence-corrected chi connectivity index (χ2v) is 5.20. The molecule has 0 aliphatic rings. The Kier molecular flexibility index (Phi) is 3.75. The molecule has 0 aliphatic carbocycles. The zero-order chi connectivity index (χ0) is 15.7. The van der Waals surface area contributed by atoms with Crippen molar-refractivity contribution in [1.29, 1.82) is 0 Å². The molecule has 0 saturated carbocycles. The Balaban J connectivity index is 1.97. The molecule has 1 N–H and O–H groups in total. The molecule has 2 aromatic heterocycles. The number of anilines is 1. The summed E-state index contributed by atoms with van der Waals surface area (Å²) < 4.78 is 14.9. The fourth-order valence-corrected chi connectivity index (χ4v) is 2.48. The number of hydrogen-bond acceptors (Lipinski definition) is 4. The molecule has 0 saturated heterocycles. The molecular formula is C16H18FN5. The van der Waals surface area contributed by atoms with Crippen LogP contribution in [0.15, 0.2) is 24.3 Å². The maximum absolute atomic E-state index is 13.0. The summed E-state index contributed by atoms with van der Waals surface area (Å²) in [5.74, 6) is 1.23. The highest BCUT2D eigenvalue weighted by atomic mass is 19.1. The number of nitrogens with zero attached hydrogens (tertiary/aromatic N) is 4. The van der Waals surface area contributed by atoms with Crippen molar-refractivity contribution in [2.75, 3.05) is 5.32 Å². The van der Waals surface area contributed by atoms with Crippen LogP contribution in [0.4, 0.5) is 10.2 Å². The molecular weight excluding hydrogens is 281 g/mol. The largest absolute Gasteiger partial charge is 0.364 e. The quantitative estimate of drug-likeness (QED) is 0.803. The van der Waals surface area contributed by atoms with Gasteiger partial charge in [0, 0.05) is 13.1 Å². The van der Waals surface area contributed by atoms with Crippen LogP contribution in [0.25, 0.3) is 11.0 Å². The molecule has 0 amide bonds. The molecule has 2 heterocycles. The lowest BCUT2D eigenvalue weighted by atomic mass is 10.2. The summed E-state index contributed by atoms with van der Waals surface area (Å²) in [5, 5.41) is 7.82. The van der Waals surface area contributed by atoms with Gasteiger partial charge >= 0.3 is 0 Å². The molecule has 6 heteroatoms. The molecule has 0 radical (unpaired) electrons. The number of fused-ring (bicyclic) bond motifs is 1. The van der Waals surface area contributed by atoms with Crippen LogP contribution in [0.2, 0.25) is 0 Å². The first kappa shape index (κ1) is 14.4. The van der Waals surface area contributed by atoms with Gasteiger partial charge in [0.25, 0.3) is 0 Å². The Bertz CT molecular complexity index is 808. The molecule has 114 valence electrons. The molecule has 22 heavy (non-hydrogen) atoms. The van der Waals surface area contributed by atoms with Gasteiger partial charge in [-0.2, -0.15) is 5.10 Å². The van der Waals surface area contributed by atoms with Crippen LogP contribution in [-0.4, -0.2) is 19.7 Å². The SMILES string of the molecule is CCn1nc(C)c2nc(C)nc(NCc3ccc(F)cc3)c21. The summed E-state index contributed by atoms with van der Waals surface area (Å²) in [6, 6.07) is 6.43. The van der Waals surface area contributed by atoms with E-state index >= 15 is 0 Å². The van der Waals surface area contributed by atoms with Gasteiger partial charge in [-0.1, -0.05) is 12.1 Å². The summed E-state index contributed by atoms with van der Waals surface area (Å²) in [7, 11) is 0. The molecule has 3 rings (SSSR count). The lowest BCUT2D eigenvalue weighted by Gasteiger charge is -2.09. The van der Waals surface area contributed by atoms with Crippen LogP contribution >= 0.6 is 0 Å². The molecule has 5 nitrogen and oxygen atoms in total. The zero-order valence-corrected chi connectivity index (χ0v) is 12.9.